The number of carbonyl (C=O) groups excluding carboxylic acids is 4. The van der Waals surface area contributed by atoms with Crippen LogP contribution in [0, 0.1) is 16.2 Å². The lowest BCUT2D eigenvalue weighted by atomic mass is 9.86. The highest BCUT2D eigenvalue weighted by Crippen LogP contribution is 2.28. The second-order valence-electron chi connectivity index (χ2n) is 7.95. The van der Waals surface area contributed by atoms with E-state index >= 15 is 0 Å². The number of hydrogen-bond donors (Lipinski definition) is 0. The maximum atomic E-state index is 12.2. The minimum absolute atomic E-state index is 0.0496. The van der Waals surface area contributed by atoms with Gasteiger partial charge in [-0.05, 0) is 34.1 Å². The fraction of sp³-hybridized carbons (Fsp3) is 0.789. The summed E-state index contributed by atoms with van der Waals surface area (Å²) >= 11 is 0. The van der Waals surface area contributed by atoms with Crippen LogP contribution in [0.1, 0.15) is 54.4 Å². The molecular weight excluding hydrogens is 356 g/mol. The zero-order chi connectivity index (χ0) is 21.5. The molecule has 0 aromatic carbocycles. The van der Waals surface area contributed by atoms with E-state index < -0.39 is 40.1 Å². The molecule has 0 radical (unpaired) electrons. The summed E-state index contributed by atoms with van der Waals surface area (Å²) in [6, 6.07) is 0. The van der Waals surface area contributed by atoms with E-state index in [1.54, 1.807) is 6.92 Å². The van der Waals surface area contributed by atoms with Crippen LogP contribution in [0.2, 0.25) is 0 Å². The topological polar surface area (TPSA) is 105 Å². The van der Waals surface area contributed by atoms with Crippen molar-refractivity contribution >= 4 is 23.9 Å². The summed E-state index contributed by atoms with van der Waals surface area (Å²) in [4.78, 5) is 47.9. The number of ether oxygens (including phenoxy) is 4. The maximum absolute atomic E-state index is 12.2. The SMILES string of the molecule is CCCC(C)(COC(=O)C(C)(C)C(=O)OC)COC(=O)C(C)(C)C(=O)OC. The van der Waals surface area contributed by atoms with Crippen molar-refractivity contribution in [2.45, 2.75) is 54.4 Å². The smallest absolute Gasteiger partial charge is 0.322 e. The third-order valence-corrected chi connectivity index (χ3v) is 4.37. The molecule has 0 unspecified atom stereocenters. The van der Waals surface area contributed by atoms with Gasteiger partial charge in [0.25, 0.3) is 0 Å². The first-order valence-electron chi connectivity index (χ1n) is 8.79. The van der Waals surface area contributed by atoms with Gasteiger partial charge in [-0.1, -0.05) is 20.3 Å². The quantitative estimate of drug-likeness (QED) is 0.319. The Labute approximate surface area is 160 Å². The summed E-state index contributed by atoms with van der Waals surface area (Å²) in [5.74, 6) is -2.84. The summed E-state index contributed by atoms with van der Waals surface area (Å²) in [7, 11) is 2.39. The molecular formula is C19H32O8. The Morgan fingerprint density at radius 2 is 1.00 bits per heavy atom. The van der Waals surface area contributed by atoms with Gasteiger partial charge in [0.05, 0.1) is 27.4 Å². The fourth-order valence-corrected chi connectivity index (χ4v) is 2.31. The van der Waals surface area contributed by atoms with Gasteiger partial charge < -0.3 is 18.9 Å². The highest BCUT2D eigenvalue weighted by atomic mass is 16.6. The standard InChI is InChI=1S/C19H32O8/c1-9-10-19(6,11-26-15(22)17(2,3)13(20)24-7)12-27-16(23)18(4,5)14(21)25-8/h9-12H2,1-8H3. The van der Waals surface area contributed by atoms with Crippen LogP contribution in [0.4, 0.5) is 0 Å². The van der Waals surface area contributed by atoms with Gasteiger partial charge in [-0.25, -0.2) is 0 Å². The minimum Gasteiger partial charge on any atom is -0.468 e. The van der Waals surface area contributed by atoms with Crippen molar-refractivity contribution in [3.05, 3.63) is 0 Å². The average Bonchev–Trinajstić information content (AvgIpc) is 2.62. The molecule has 0 rings (SSSR count). The minimum atomic E-state index is -1.44. The average molecular weight is 388 g/mol. The van der Waals surface area contributed by atoms with E-state index in [-0.39, 0.29) is 13.2 Å². The Morgan fingerprint density at radius 1 is 0.667 bits per heavy atom. The zero-order valence-corrected chi connectivity index (χ0v) is 17.6. The highest BCUT2D eigenvalue weighted by Gasteiger charge is 2.42. The Kier molecular flexibility index (Phi) is 8.95. The lowest BCUT2D eigenvalue weighted by molar-refractivity contribution is -0.173. The molecule has 0 spiro atoms. The number of hydrogen-bond acceptors (Lipinski definition) is 8. The van der Waals surface area contributed by atoms with E-state index in [4.69, 9.17) is 9.47 Å². The maximum Gasteiger partial charge on any atom is 0.322 e. The molecule has 0 amide bonds. The molecule has 156 valence electrons. The molecule has 0 saturated carbocycles. The molecule has 0 N–H and O–H groups in total. The molecule has 0 atom stereocenters. The molecule has 0 aromatic rings. The predicted molar refractivity (Wildman–Crippen MR) is 96.5 cm³/mol. The lowest BCUT2D eigenvalue weighted by Gasteiger charge is -2.31. The molecule has 8 heteroatoms. The summed E-state index contributed by atoms with van der Waals surface area (Å²) in [6.07, 6.45) is 1.36. The first kappa shape index (κ1) is 24.9. The Bertz CT molecular complexity index is 518. The predicted octanol–water partition coefficient (Wildman–Crippen LogP) is 2.28. The van der Waals surface area contributed by atoms with Crippen molar-refractivity contribution < 1.29 is 38.1 Å². The van der Waals surface area contributed by atoms with Crippen molar-refractivity contribution in [3.63, 3.8) is 0 Å². The van der Waals surface area contributed by atoms with Crippen LogP contribution in [0.5, 0.6) is 0 Å². The van der Waals surface area contributed by atoms with Gasteiger partial charge in [-0.15, -0.1) is 0 Å². The third kappa shape index (κ3) is 6.52. The molecule has 0 heterocycles. The number of methoxy groups -OCH3 is 2. The van der Waals surface area contributed by atoms with Crippen LogP contribution in [0.25, 0.3) is 0 Å². The second kappa shape index (κ2) is 9.71. The van der Waals surface area contributed by atoms with Gasteiger partial charge in [0.2, 0.25) is 0 Å². The first-order chi connectivity index (χ1) is 12.3. The van der Waals surface area contributed by atoms with Crippen LogP contribution >= 0.6 is 0 Å². The normalized spacial score (nSPS) is 12.1. The van der Waals surface area contributed by atoms with Crippen molar-refractivity contribution in [3.8, 4) is 0 Å². The highest BCUT2D eigenvalue weighted by molar-refractivity contribution is 5.99. The van der Waals surface area contributed by atoms with Gasteiger partial charge >= 0.3 is 23.9 Å². The molecule has 0 aliphatic rings. The molecule has 0 aromatic heterocycles. The van der Waals surface area contributed by atoms with E-state index in [1.807, 2.05) is 6.92 Å². The van der Waals surface area contributed by atoms with Gasteiger partial charge in [-0.2, -0.15) is 0 Å². The molecule has 0 aliphatic heterocycles. The van der Waals surface area contributed by atoms with E-state index in [0.29, 0.717) is 6.42 Å². The largest absolute Gasteiger partial charge is 0.468 e. The molecule has 0 fully saturated rings. The summed E-state index contributed by atoms with van der Waals surface area (Å²) in [5.41, 5.74) is -3.55. The van der Waals surface area contributed by atoms with Crippen LogP contribution in [-0.4, -0.2) is 51.3 Å². The number of esters is 4. The molecule has 8 nitrogen and oxygen atoms in total. The van der Waals surface area contributed by atoms with Gasteiger partial charge in [-0.3, -0.25) is 19.2 Å². The second-order valence-corrected chi connectivity index (χ2v) is 7.95. The molecule has 0 bridgehead atoms. The van der Waals surface area contributed by atoms with Crippen molar-refractivity contribution in [2.75, 3.05) is 27.4 Å². The molecule has 0 saturated heterocycles. The summed E-state index contributed by atoms with van der Waals surface area (Å²) in [5, 5.41) is 0. The van der Waals surface area contributed by atoms with E-state index in [0.717, 1.165) is 6.42 Å². The summed E-state index contributed by atoms with van der Waals surface area (Å²) < 4.78 is 19.8. The Hall–Kier alpha value is -2.12. The fourth-order valence-electron chi connectivity index (χ4n) is 2.31. The van der Waals surface area contributed by atoms with E-state index in [1.165, 1.54) is 41.9 Å². The lowest BCUT2D eigenvalue weighted by Crippen LogP contribution is -2.41. The van der Waals surface area contributed by atoms with Crippen LogP contribution in [0.3, 0.4) is 0 Å². The van der Waals surface area contributed by atoms with Crippen molar-refractivity contribution in [1.82, 2.24) is 0 Å². The van der Waals surface area contributed by atoms with Crippen LogP contribution < -0.4 is 0 Å². The van der Waals surface area contributed by atoms with Gasteiger partial charge in [0, 0.05) is 5.41 Å². The summed E-state index contributed by atoms with van der Waals surface area (Å²) in [6.45, 7) is 9.30. The van der Waals surface area contributed by atoms with E-state index in [2.05, 4.69) is 9.47 Å². The first-order valence-corrected chi connectivity index (χ1v) is 8.79. The monoisotopic (exact) mass is 388 g/mol. The van der Waals surface area contributed by atoms with Crippen LogP contribution in [0.15, 0.2) is 0 Å². The zero-order valence-electron chi connectivity index (χ0n) is 17.6. The van der Waals surface area contributed by atoms with Crippen LogP contribution in [-0.2, 0) is 38.1 Å². The number of carbonyl (C=O) groups is 4. The van der Waals surface area contributed by atoms with Crippen molar-refractivity contribution in [1.29, 1.82) is 0 Å². The van der Waals surface area contributed by atoms with Crippen molar-refractivity contribution in [2.24, 2.45) is 16.2 Å². The number of rotatable bonds is 10. The molecule has 0 aliphatic carbocycles. The Morgan fingerprint density at radius 3 is 1.26 bits per heavy atom. The molecule has 27 heavy (non-hydrogen) atoms. The van der Waals surface area contributed by atoms with Gasteiger partial charge in [0.1, 0.15) is 0 Å². The Balaban J connectivity index is 5.04. The van der Waals surface area contributed by atoms with Gasteiger partial charge in [0.15, 0.2) is 10.8 Å². The third-order valence-electron chi connectivity index (χ3n) is 4.37. The van der Waals surface area contributed by atoms with E-state index in [9.17, 15) is 19.2 Å².